The molecule has 0 aliphatic heterocycles. The number of hydrogen-bond donors (Lipinski definition) is 1. The van der Waals surface area contributed by atoms with E-state index in [4.69, 9.17) is 11.6 Å². The van der Waals surface area contributed by atoms with Gasteiger partial charge in [-0.3, -0.25) is 0 Å². The number of benzene rings is 1. The van der Waals surface area contributed by atoms with Crippen LogP contribution >= 0.6 is 11.6 Å². The highest BCUT2D eigenvalue weighted by molar-refractivity contribution is 7.89. The van der Waals surface area contributed by atoms with Gasteiger partial charge in [0.2, 0.25) is 10.0 Å². The third kappa shape index (κ3) is 5.05. The van der Waals surface area contributed by atoms with Gasteiger partial charge in [0.1, 0.15) is 0 Å². The highest BCUT2D eigenvalue weighted by Gasteiger charge is 2.21. The Morgan fingerprint density at radius 3 is 2.80 bits per heavy atom. The number of hydrogen-bond acceptors (Lipinski definition) is 3. The van der Waals surface area contributed by atoms with E-state index in [0.717, 1.165) is 12.1 Å². The van der Waals surface area contributed by atoms with Crippen molar-refractivity contribution in [3.8, 4) is 0 Å². The van der Waals surface area contributed by atoms with E-state index >= 15 is 0 Å². The van der Waals surface area contributed by atoms with Crippen LogP contribution in [0.5, 0.6) is 0 Å². The molecular formula is C14H21ClN2O2S. The molecular weight excluding hydrogens is 296 g/mol. The summed E-state index contributed by atoms with van der Waals surface area (Å²) in [5.74, 6) is 0.184. The van der Waals surface area contributed by atoms with Crippen LogP contribution in [0.25, 0.3) is 0 Å². The molecule has 1 aromatic rings. The fourth-order valence-electron chi connectivity index (χ4n) is 1.99. The second kappa shape index (κ2) is 6.89. The van der Waals surface area contributed by atoms with E-state index in [-0.39, 0.29) is 5.75 Å². The maximum atomic E-state index is 12.1. The fraction of sp³-hybridized carbons (Fsp3) is 0.571. The number of rotatable bonds is 8. The molecule has 0 spiro atoms. The zero-order valence-corrected chi connectivity index (χ0v) is 13.3. The molecule has 0 amide bonds. The monoisotopic (exact) mass is 316 g/mol. The second-order valence-electron chi connectivity index (χ2n) is 5.28. The number of sulfonamides is 1. The molecule has 0 bridgehead atoms. The van der Waals surface area contributed by atoms with Crippen LogP contribution in [0.4, 0.5) is 0 Å². The lowest BCUT2D eigenvalue weighted by Crippen LogP contribution is -2.30. The Bertz CT molecular complexity index is 544. The van der Waals surface area contributed by atoms with Crippen molar-refractivity contribution < 1.29 is 8.42 Å². The summed E-state index contributed by atoms with van der Waals surface area (Å²) in [5, 5.41) is 3.95. The highest BCUT2D eigenvalue weighted by Crippen LogP contribution is 2.18. The Hall–Kier alpha value is -0.620. The second-order valence-corrected chi connectivity index (χ2v) is 7.92. The quantitative estimate of drug-likeness (QED) is 0.748. The molecule has 0 aromatic heterocycles. The summed E-state index contributed by atoms with van der Waals surface area (Å²) >= 11 is 5.90. The molecule has 0 saturated heterocycles. The van der Waals surface area contributed by atoms with E-state index in [1.807, 2.05) is 12.1 Å². The van der Waals surface area contributed by atoms with Crippen LogP contribution in [-0.2, 0) is 16.6 Å². The molecule has 20 heavy (non-hydrogen) atoms. The molecule has 4 nitrogen and oxygen atoms in total. The standard InChI is InChI=1S/C14H21ClN2O2S/c1-17(11-12-4-2-5-13(15)10-12)20(18,19)9-3-8-16-14-6-7-14/h2,4-5,10,14,16H,3,6-9,11H2,1H3. The van der Waals surface area contributed by atoms with Crippen LogP contribution in [0, 0.1) is 0 Å². The van der Waals surface area contributed by atoms with Gasteiger partial charge in [-0.05, 0) is 43.5 Å². The summed E-state index contributed by atoms with van der Waals surface area (Å²) in [5.41, 5.74) is 0.902. The van der Waals surface area contributed by atoms with Gasteiger partial charge in [0.05, 0.1) is 5.75 Å². The smallest absolute Gasteiger partial charge is 0.214 e. The summed E-state index contributed by atoms with van der Waals surface area (Å²) in [6, 6.07) is 7.91. The van der Waals surface area contributed by atoms with Crippen molar-refractivity contribution in [3.63, 3.8) is 0 Å². The Labute approximate surface area is 126 Å². The summed E-state index contributed by atoms with van der Waals surface area (Å²) < 4.78 is 25.7. The van der Waals surface area contributed by atoms with E-state index in [1.54, 1.807) is 19.2 Å². The molecule has 112 valence electrons. The zero-order valence-electron chi connectivity index (χ0n) is 11.7. The van der Waals surface area contributed by atoms with Crippen LogP contribution < -0.4 is 5.32 Å². The van der Waals surface area contributed by atoms with Gasteiger partial charge in [-0.25, -0.2) is 12.7 Å². The van der Waals surface area contributed by atoms with Crippen LogP contribution in [0.3, 0.4) is 0 Å². The molecule has 6 heteroatoms. The minimum atomic E-state index is -3.20. The summed E-state index contributed by atoms with van der Waals surface area (Å²) in [4.78, 5) is 0. The Balaban J connectivity index is 1.80. The first-order chi connectivity index (χ1) is 9.47. The van der Waals surface area contributed by atoms with Crippen molar-refractivity contribution in [2.45, 2.75) is 31.8 Å². The molecule has 1 aliphatic carbocycles. The molecule has 2 rings (SSSR count). The number of halogens is 1. The van der Waals surface area contributed by atoms with Gasteiger partial charge in [-0.15, -0.1) is 0 Å². The van der Waals surface area contributed by atoms with Gasteiger partial charge < -0.3 is 5.32 Å². The van der Waals surface area contributed by atoms with Crippen molar-refractivity contribution in [3.05, 3.63) is 34.9 Å². The zero-order chi connectivity index (χ0) is 14.6. The first kappa shape index (κ1) is 15.8. The van der Waals surface area contributed by atoms with Gasteiger partial charge in [0.25, 0.3) is 0 Å². The number of nitrogens with zero attached hydrogens (tertiary/aromatic N) is 1. The summed E-state index contributed by atoms with van der Waals surface area (Å²) in [6.45, 7) is 1.13. The van der Waals surface area contributed by atoms with Crippen LogP contribution in [0.1, 0.15) is 24.8 Å². The molecule has 0 heterocycles. The van der Waals surface area contributed by atoms with Crippen molar-refractivity contribution in [1.29, 1.82) is 0 Å². The van der Waals surface area contributed by atoms with E-state index < -0.39 is 10.0 Å². The van der Waals surface area contributed by atoms with Crippen molar-refractivity contribution in [1.82, 2.24) is 9.62 Å². The lowest BCUT2D eigenvalue weighted by molar-refractivity contribution is 0.464. The molecule has 0 atom stereocenters. The van der Waals surface area contributed by atoms with Crippen molar-refractivity contribution in [2.24, 2.45) is 0 Å². The lowest BCUT2D eigenvalue weighted by atomic mass is 10.2. The first-order valence-electron chi connectivity index (χ1n) is 6.89. The molecule has 1 saturated carbocycles. The molecule has 1 fully saturated rings. The van der Waals surface area contributed by atoms with Gasteiger partial charge >= 0.3 is 0 Å². The first-order valence-corrected chi connectivity index (χ1v) is 8.88. The predicted octanol–water partition coefficient (Wildman–Crippen LogP) is 2.24. The van der Waals surface area contributed by atoms with Crippen LogP contribution in [-0.4, -0.2) is 38.1 Å². The third-order valence-corrected chi connectivity index (χ3v) is 5.48. The predicted molar refractivity (Wildman–Crippen MR) is 82.3 cm³/mol. The van der Waals surface area contributed by atoms with Crippen LogP contribution in [0.2, 0.25) is 5.02 Å². The SMILES string of the molecule is CN(Cc1cccc(Cl)c1)S(=O)(=O)CCCNC1CC1. The molecule has 1 aromatic carbocycles. The Kier molecular flexibility index (Phi) is 5.43. The number of nitrogens with one attached hydrogen (secondary N) is 1. The molecule has 0 radical (unpaired) electrons. The lowest BCUT2D eigenvalue weighted by Gasteiger charge is -2.17. The topological polar surface area (TPSA) is 49.4 Å². The van der Waals surface area contributed by atoms with Gasteiger partial charge in [0, 0.05) is 24.7 Å². The van der Waals surface area contributed by atoms with E-state index in [0.29, 0.717) is 24.0 Å². The molecule has 0 unspecified atom stereocenters. The van der Waals surface area contributed by atoms with Gasteiger partial charge in [-0.1, -0.05) is 23.7 Å². The maximum Gasteiger partial charge on any atom is 0.214 e. The minimum absolute atomic E-state index is 0.184. The highest BCUT2D eigenvalue weighted by atomic mass is 35.5. The molecule has 1 N–H and O–H groups in total. The fourth-order valence-corrected chi connectivity index (χ4v) is 3.37. The summed E-state index contributed by atoms with van der Waals surface area (Å²) in [7, 11) is -1.58. The Morgan fingerprint density at radius 1 is 1.40 bits per heavy atom. The van der Waals surface area contributed by atoms with Gasteiger partial charge in [0.15, 0.2) is 0 Å². The van der Waals surface area contributed by atoms with Gasteiger partial charge in [-0.2, -0.15) is 0 Å². The largest absolute Gasteiger partial charge is 0.314 e. The minimum Gasteiger partial charge on any atom is -0.314 e. The summed E-state index contributed by atoms with van der Waals surface area (Å²) in [6.07, 6.45) is 3.10. The van der Waals surface area contributed by atoms with E-state index in [9.17, 15) is 8.42 Å². The average molecular weight is 317 g/mol. The van der Waals surface area contributed by atoms with E-state index in [1.165, 1.54) is 17.1 Å². The van der Waals surface area contributed by atoms with Crippen molar-refractivity contribution >= 4 is 21.6 Å². The molecule has 1 aliphatic rings. The van der Waals surface area contributed by atoms with Crippen molar-refractivity contribution in [2.75, 3.05) is 19.3 Å². The Morgan fingerprint density at radius 2 is 2.15 bits per heavy atom. The maximum absolute atomic E-state index is 12.1. The van der Waals surface area contributed by atoms with Crippen LogP contribution in [0.15, 0.2) is 24.3 Å². The third-order valence-electron chi connectivity index (χ3n) is 3.36. The average Bonchev–Trinajstić information content (AvgIpc) is 3.19. The van der Waals surface area contributed by atoms with E-state index in [2.05, 4.69) is 5.32 Å². The normalized spacial score (nSPS) is 15.8.